The van der Waals surface area contributed by atoms with Crippen LogP contribution in [0.4, 0.5) is 0 Å². The summed E-state index contributed by atoms with van der Waals surface area (Å²) in [4.78, 5) is 15.2. The van der Waals surface area contributed by atoms with Gasteiger partial charge in [0.2, 0.25) is 5.91 Å². The summed E-state index contributed by atoms with van der Waals surface area (Å²) in [5, 5.41) is 4.97. The van der Waals surface area contributed by atoms with Crippen LogP contribution in [-0.4, -0.2) is 27.1 Å². The van der Waals surface area contributed by atoms with Crippen LogP contribution in [0.5, 0.6) is 0 Å². The normalized spacial score (nSPS) is 24.3. The molecule has 2 aliphatic rings. The number of halogens is 1. The van der Waals surface area contributed by atoms with Gasteiger partial charge in [-0.3, -0.25) is 9.48 Å². The summed E-state index contributed by atoms with van der Waals surface area (Å²) in [7, 11) is 1.93. The van der Waals surface area contributed by atoms with Crippen molar-refractivity contribution in [3.63, 3.8) is 0 Å². The van der Waals surface area contributed by atoms with E-state index in [0.717, 1.165) is 44.3 Å². The third kappa shape index (κ3) is 3.17. The van der Waals surface area contributed by atoms with E-state index in [4.69, 9.17) is 11.6 Å². The Bertz CT molecular complexity index is 502. The smallest absolute Gasteiger partial charge is 0.226 e. The first-order valence-electron chi connectivity index (χ1n) is 8.66. The predicted molar refractivity (Wildman–Crippen MR) is 87.7 cm³/mol. The Morgan fingerprint density at radius 2 is 1.82 bits per heavy atom. The zero-order valence-electron chi connectivity index (χ0n) is 13.4. The SMILES string of the molecule is Cn1ncc(Cl)c1[C@H]1CCCCCN1C(=O)C1CCCCC1. The molecule has 1 aliphatic heterocycles. The van der Waals surface area contributed by atoms with Crippen molar-refractivity contribution < 1.29 is 4.79 Å². The second-order valence-corrected chi connectivity index (χ2v) is 7.14. The number of rotatable bonds is 2. The number of carbonyl (C=O) groups is 1. The Morgan fingerprint density at radius 1 is 1.14 bits per heavy atom. The highest BCUT2D eigenvalue weighted by atomic mass is 35.5. The fraction of sp³-hybridized carbons (Fsp3) is 0.765. The van der Waals surface area contributed by atoms with E-state index in [2.05, 4.69) is 10.00 Å². The lowest BCUT2D eigenvalue weighted by molar-refractivity contribution is -0.139. The van der Waals surface area contributed by atoms with Crippen LogP contribution in [0.2, 0.25) is 5.02 Å². The van der Waals surface area contributed by atoms with Crippen molar-refractivity contribution in [2.24, 2.45) is 13.0 Å². The molecular formula is C17H26ClN3O. The van der Waals surface area contributed by atoms with Crippen LogP contribution in [0, 0.1) is 5.92 Å². The molecule has 1 amide bonds. The van der Waals surface area contributed by atoms with E-state index in [1.54, 1.807) is 6.20 Å². The van der Waals surface area contributed by atoms with Crippen LogP contribution in [-0.2, 0) is 11.8 Å². The second kappa shape index (κ2) is 7.03. The molecule has 0 N–H and O–H groups in total. The minimum Gasteiger partial charge on any atom is -0.334 e. The number of carbonyl (C=O) groups excluding carboxylic acids is 1. The third-order valence-corrected chi connectivity index (χ3v) is 5.53. The maximum Gasteiger partial charge on any atom is 0.226 e. The van der Waals surface area contributed by atoms with Crippen molar-refractivity contribution in [3.8, 4) is 0 Å². The van der Waals surface area contributed by atoms with Crippen molar-refractivity contribution in [2.45, 2.75) is 63.8 Å². The van der Waals surface area contributed by atoms with Gasteiger partial charge in [0.1, 0.15) is 0 Å². The second-order valence-electron chi connectivity index (χ2n) is 6.73. The number of aromatic nitrogens is 2. The molecule has 22 heavy (non-hydrogen) atoms. The van der Waals surface area contributed by atoms with E-state index in [-0.39, 0.29) is 12.0 Å². The number of hydrogen-bond donors (Lipinski definition) is 0. The van der Waals surface area contributed by atoms with Crippen molar-refractivity contribution in [1.82, 2.24) is 14.7 Å². The van der Waals surface area contributed by atoms with E-state index in [1.165, 1.54) is 25.7 Å². The Balaban J connectivity index is 1.86. The lowest BCUT2D eigenvalue weighted by atomic mass is 9.87. The molecule has 3 rings (SSSR count). The number of hydrogen-bond acceptors (Lipinski definition) is 2. The van der Waals surface area contributed by atoms with E-state index < -0.39 is 0 Å². The molecule has 0 aromatic carbocycles. The highest BCUT2D eigenvalue weighted by Crippen LogP contribution is 2.36. The number of aryl methyl sites for hydroxylation is 1. The maximum absolute atomic E-state index is 13.1. The molecule has 5 heteroatoms. The van der Waals surface area contributed by atoms with Crippen LogP contribution >= 0.6 is 11.6 Å². The van der Waals surface area contributed by atoms with Crippen LogP contribution < -0.4 is 0 Å². The topological polar surface area (TPSA) is 38.1 Å². The van der Waals surface area contributed by atoms with E-state index >= 15 is 0 Å². The van der Waals surface area contributed by atoms with Gasteiger partial charge in [-0.15, -0.1) is 0 Å². The van der Waals surface area contributed by atoms with Gasteiger partial charge in [-0.1, -0.05) is 43.7 Å². The first kappa shape index (κ1) is 15.9. The molecular weight excluding hydrogens is 298 g/mol. The van der Waals surface area contributed by atoms with E-state index in [0.29, 0.717) is 10.9 Å². The first-order valence-corrected chi connectivity index (χ1v) is 9.04. The molecule has 1 saturated carbocycles. The van der Waals surface area contributed by atoms with Gasteiger partial charge in [0.25, 0.3) is 0 Å². The van der Waals surface area contributed by atoms with E-state index in [1.807, 2.05) is 11.7 Å². The van der Waals surface area contributed by atoms with Crippen molar-refractivity contribution in [1.29, 1.82) is 0 Å². The van der Waals surface area contributed by atoms with Gasteiger partial charge in [-0.25, -0.2) is 0 Å². The van der Waals surface area contributed by atoms with Crippen molar-refractivity contribution >= 4 is 17.5 Å². The molecule has 2 fully saturated rings. The Labute approximate surface area is 137 Å². The monoisotopic (exact) mass is 323 g/mol. The number of amides is 1. The van der Waals surface area contributed by atoms with Gasteiger partial charge in [0, 0.05) is 19.5 Å². The molecule has 0 bridgehead atoms. The molecule has 4 nitrogen and oxygen atoms in total. The average molecular weight is 324 g/mol. The number of likely N-dealkylation sites (tertiary alicyclic amines) is 1. The van der Waals surface area contributed by atoms with Crippen molar-refractivity contribution in [2.75, 3.05) is 6.54 Å². The molecule has 1 saturated heterocycles. The summed E-state index contributed by atoms with van der Waals surface area (Å²) in [6.07, 6.45) is 11.9. The standard InChI is InChI=1S/C17H26ClN3O/c1-20-16(14(18)12-19-20)15-10-6-3-7-11-21(15)17(22)13-8-4-2-5-9-13/h12-13,15H,2-11H2,1H3/t15-/m1/s1. The lowest BCUT2D eigenvalue weighted by Crippen LogP contribution is -2.40. The Morgan fingerprint density at radius 3 is 2.50 bits per heavy atom. The summed E-state index contributed by atoms with van der Waals surface area (Å²) in [5.41, 5.74) is 1.01. The van der Waals surface area contributed by atoms with Crippen LogP contribution in [0.3, 0.4) is 0 Å². The lowest BCUT2D eigenvalue weighted by Gasteiger charge is -2.34. The molecule has 0 radical (unpaired) electrons. The molecule has 1 aromatic rings. The molecule has 1 aromatic heterocycles. The maximum atomic E-state index is 13.1. The largest absolute Gasteiger partial charge is 0.334 e. The van der Waals surface area contributed by atoms with Gasteiger partial charge in [0.15, 0.2) is 0 Å². The quantitative estimate of drug-likeness (QED) is 0.822. The fourth-order valence-electron chi connectivity index (χ4n) is 4.04. The van der Waals surface area contributed by atoms with Crippen molar-refractivity contribution in [3.05, 3.63) is 16.9 Å². The van der Waals surface area contributed by atoms with Crippen LogP contribution in [0.25, 0.3) is 0 Å². The molecule has 1 aliphatic carbocycles. The molecule has 1 atom stereocenters. The average Bonchev–Trinajstić information content (AvgIpc) is 2.75. The zero-order valence-corrected chi connectivity index (χ0v) is 14.2. The van der Waals surface area contributed by atoms with Gasteiger partial charge in [-0.05, 0) is 25.7 Å². The van der Waals surface area contributed by atoms with Gasteiger partial charge >= 0.3 is 0 Å². The molecule has 2 heterocycles. The highest BCUT2D eigenvalue weighted by Gasteiger charge is 2.34. The Kier molecular flexibility index (Phi) is 5.07. The molecule has 0 unspecified atom stereocenters. The van der Waals surface area contributed by atoms with Gasteiger partial charge in [-0.2, -0.15) is 5.10 Å². The summed E-state index contributed by atoms with van der Waals surface area (Å²) in [5.74, 6) is 0.574. The minimum atomic E-state index is 0.0944. The first-order chi connectivity index (χ1) is 10.7. The highest BCUT2D eigenvalue weighted by molar-refractivity contribution is 6.31. The van der Waals surface area contributed by atoms with Crippen LogP contribution in [0.15, 0.2) is 6.20 Å². The van der Waals surface area contributed by atoms with Gasteiger partial charge in [0.05, 0.1) is 23.0 Å². The zero-order chi connectivity index (χ0) is 15.5. The third-order valence-electron chi connectivity index (χ3n) is 5.24. The summed E-state index contributed by atoms with van der Waals surface area (Å²) >= 11 is 6.37. The number of nitrogens with zero attached hydrogens (tertiary/aromatic N) is 3. The summed E-state index contributed by atoms with van der Waals surface area (Å²) in [6.45, 7) is 0.863. The Hall–Kier alpha value is -1.03. The minimum absolute atomic E-state index is 0.0944. The summed E-state index contributed by atoms with van der Waals surface area (Å²) in [6, 6.07) is 0.0944. The summed E-state index contributed by atoms with van der Waals surface area (Å²) < 4.78 is 1.85. The molecule has 122 valence electrons. The van der Waals surface area contributed by atoms with Crippen LogP contribution in [0.1, 0.15) is 69.5 Å². The predicted octanol–water partition coefficient (Wildman–Crippen LogP) is 4.10. The molecule has 0 spiro atoms. The fourth-order valence-corrected chi connectivity index (χ4v) is 4.33. The van der Waals surface area contributed by atoms with Gasteiger partial charge < -0.3 is 4.90 Å². The van der Waals surface area contributed by atoms with E-state index in [9.17, 15) is 4.79 Å².